The molecule has 0 atom stereocenters. The lowest BCUT2D eigenvalue weighted by Crippen LogP contribution is -2.35. The number of alkyl halides is 3. The number of fused-ring (bicyclic) bond motifs is 3. The summed E-state index contributed by atoms with van der Waals surface area (Å²) in [6, 6.07) is 0. The summed E-state index contributed by atoms with van der Waals surface area (Å²) >= 11 is 2.44. The Labute approximate surface area is 167 Å². The third-order valence-electron chi connectivity index (χ3n) is 4.38. The molecule has 2 aromatic heterocycles. The van der Waals surface area contributed by atoms with E-state index in [4.69, 9.17) is 4.74 Å². The van der Waals surface area contributed by atoms with Gasteiger partial charge in [-0.25, -0.2) is 4.98 Å². The first kappa shape index (κ1) is 21.1. The number of nitrogens with zero attached hydrogens (tertiary/aromatic N) is 2. The fourth-order valence-electron chi connectivity index (χ4n) is 3.09. The van der Waals surface area contributed by atoms with Crippen molar-refractivity contribution in [3.05, 3.63) is 20.8 Å². The van der Waals surface area contributed by atoms with Crippen LogP contribution in [-0.2, 0) is 28.9 Å². The fraction of sp³-hybridized carbons (Fsp3) is 0.588. The number of ether oxygens (including phenoxy) is 1. The molecule has 28 heavy (non-hydrogen) atoms. The largest absolute Gasteiger partial charge is 0.405 e. The number of carbonyl (C=O) groups excluding carboxylic acids is 1. The van der Waals surface area contributed by atoms with Crippen LogP contribution >= 0.6 is 23.1 Å². The lowest BCUT2D eigenvalue weighted by Gasteiger charge is -2.13. The van der Waals surface area contributed by atoms with Crippen LogP contribution in [0.3, 0.4) is 0 Å². The first-order chi connectivity index (χ1) is 13.3. The molecule has 0 aromatic carbocycles. The molecule has 0 saturated heterocycles. The van der Waals surface area contributed by atoms with Gasteiger partial charge < -0.3 is 10.1 Å². The highest BCUT2D eigenvalue weighted by Gasteiger charge is 2.28. The van der Waals surface area contributed by atoms with Crippen LogP contribution in [-0.4, -0.2) is 47.6 Å². The van der Waals surface area contributed by atoms with Gasteiger partial charge in [0, 0.05) is 12.0 Å². The van der Waals surface area contributed by atoms with Gasteiger partial charge in [-0.1, -0.05) is 11.8 Å². The summed E-state index contributed by atoms with van der Waals surface area (Å²) in [6.07, 6.45) is -0.571. The van der Waals surface area contributed by atoms with Crippen LogP contribution < -0.4 is 10.9 Å². The number of aromatic nitrogens is 2. The molecule has 2 aromatic rings. The van der Waals surface area contributed by atoms with Crippen molar-refractivity contribution in [2.45, 2.75) is 43.6 Å². The molecule has 0 aliphatic heterocycles. The van der Waals surface area contributed by atoms with Gasteiger partial charge in [0.1, 0.15) is 11.4 Å². The molecule has 154 valence electrons. The van der Waals surface area contributed by atoms with E-state index in [-0.39, 0.29) is 24.5 Å². The zero-order chi connectivity index (χ0) is 20.3. The summed E-state index contributed by atoms with van der Waals surface area (Å²) in [5, 5.41) is 2.77. The fourth-order valence-corrected chi connectivity index (χ4v) is 5.25. The molecule has 11 heteroatoms. The van der Waals surface area contributed by atoms with Crippen LogP contribution in [0.1, 0.15) is 23.3 Å². The number of methoxy groups -OCH3 is 1. The SMILES string of the molecule is COCCn1c(SCC(=O)NCC(F)(F)F)nc2sc3c(c2c1=O)CCCC3. The zero-order valence-corrected chi connectivity index (χ0v) is 16.9. The van der Waals surface area contributed by atoms with Crippen molar-refractivity contribution in [3.8, 4) is 0 Å². The maximum Gasteiger partial charge on any atom is 0.405 e. The number of carbonyl (C=O) groups is 1. The van der Waals surface area contributed by atoms with E-state index in [2.05, 4.69) is 4.98 Å². The number of halogens is 3. The minimum absolute atomic E-state index is 0.181. The van der Waals surface area contributed by atoms with Crippen LogP contribution in [0.25, 0.3) is 10.2 Å². The maximum absolute atomic E-state index is 13.1. The normalized spacial score (nSPS) is 14.3. The minimum Gasteiger partial charge on any atom is -0.383 e. The second kappa shape index (κ2) is 8.83. The third-order valence-corrected chi connectivity index (χ3v) is 6.54. The van der Waals surface area contributed by atoms with E-state index in [0.29, 0.717) is 15.4 Å². The van der Waals surface area contributed by atoms with E-state index in [1.54, 1.807) is 0 Å². The molecule has 1 aliphatic carbocycles. The van der Waals surface area contributed by atoms with Gasteiger partial charge >= 0.3 is 6.18 Å². The Balaban J connectivity index is 1.87. The summed E-state index contributed by atoms with van der Waals surface area (Å²) in [7, 11) is 1.51. The molecule has 0 saturated carbocycles. The quantitative estimate of drug-likeness (QED) is 0.535. The van der Waals surface area contributed by atoms with Crippen molar-refractivity contribution >= 4 is 39.2 Å². The van der Waals surface area contributed by atoms with Gasteiger partial charge in [-0.05, 0) is 31.2 Å². The number of thiophene rings is 1. The number of rotatable bonds is 7. The van der Waals surface area contributed by atoms with Gasteiger partial charge in [0.05, 0.1) is 24.3 Å². The molecule has 0 bridgehead atoms. The molecule has 1 amide bonds. The lowest BCUT2D eigenvalue weighted by atomic mass is 9.97. The van der Waals surface area contributed by atoms with E-state index in [1.807, 2.05) is 5.32 Å². The molecule has 0 spiro atoms. The van der Waals surface area contributed by atoms with E-state index < -0.39 is 18.6 Å². The topological polar surface area (TPSA) is 73.2 Å². The molecule has 1 aliphatic rings. The van der Waals surface area contributed by atoms with Gasteiger partial charge in [0.2, 0.25) is 5.91 Å². The van der Waals surface area contributed by atoms with Crippen molar-refractivity contribution in [3.63, 3.8) is 0 Å². The Hall–Kier alpha value is -1.59. The molecule has 0 unspecified atom stereocenters. The van der Waals surface area contributed by atoms with Gasteiger partial charge in [0.15, 0.2) is 5.16 Å². The van der Waals surface area contributed by atoms with Gasteiger partial charge in [0.25, 0.3) is 5.56 Å². The number of hydrogen-bond donors (Lipinski definition) is 1. The average molecular weight is 435 g/mol. The molecule has 1 N–H and O–H groups in total. The summed E-state index contributed by atoms with van der Waals surface area (Å²) in [6.45, 7) is -0.838. The highest BCUT2D eigenvalue weighted by atomic mass is 32.2. The first-order valence-electron chi connectivity index (χ1n) is 8.80. The summed E-state index contributed by atoms with van der Waals surface area (Å²) in [5.74, 6) is -1.02. The lowest BCUT2D eigenvalue weighted by molar-refractivity contribution is -0.136. The van der Waals surface area contributed by atoms with E-state index in [1.165, 1.54) is 27.9 Å². The minimum atomic E-state index is -4.46. The average Bonchev–Trinajstić information content (AvgIpc) is 3.02. The van der Waals surface area contributed by atoms with E-state index in [0.717, 1.165) is 43.0 Å². The Kier molecular flexibility index (Phi) is 6.66. The highest BCUT2D eigenvalue weighted by molar-refractivity contribution is 7.99. The Bertz CT molecular complexity index is 924. The molecule has 3 rings (SSSR count). The monoisotopic (exact) mass is 435 g/mol. The predicted octanol–water partition coefficient (Wildman–Crippen LogP) is 2.75. The molecule has 0 fully saturated rings. The van der Waals surface area contributed by atoms with E-state index in [9.17, 15) is 22.8 Å². The smallest absolute Gasteiger partial charge is 0.383 e. The van der Waals surface area contributed by atoms with Crippen LogP contribution in [0.5, 0.6) is 0 Å². The van der Waals surface area contributed by atoms with Crippen LogP contribution in [0.4, 0.5) is 13.2 Å². The number of amides is 1. The second-order valence-corrected chi connectivity index (χ2v) is 8.44. The molecule has 6 nitrogen and oxygen atoms in total. The maximum atomic E-state index is 13.1. The molecular formula is C17H20F3N3O3S2. The molecular weight excluding hydrogens is 415 g/mol. The number of aryl methyl sites for hydroxylation is 2. The van der Waals surface area contributed by atoms with Crippen molar-refractivity contribution in [2.24, 2.45) is 0 Å². The Morgan fingerprint density at radius 1 is 1.36 bits per heavy atom. The highest BCUT2D eigenvalue weighted by Crippen LogP contribution is 2.34. The van der Waals surface area contributed by atoms with Gasteiger partial charge in [-0.15, -0.1) is 11.3 Å². The second-order valence-electron chi connectivity index (χ2n) is 6.42. The number of hydrogen-bond acceptors (Lipinski definition) is 6. The van der Waals surface area contributed by atoms with E-state index >= 15 is 0 Å². The van der Waals surface area contributed by atoms with Crippen LogP contribution in [0.15, 0.2) is 9.95 Å². The summed E-state index contributed by atoms with van der Waals surface area (Å²) in [4.78, 5) is 31.2. The first-order valence-corrected chi connectivity index (χ1v) is 10.6. The van der Waals surface area contributed by atoms with Crippen molar-refractivity contribution in [1.29, 1.82) is 0 Å². The Morgan fingerprint density at radius 3 is 2.82 bits per heavy atom. The van der Waals surface area contributed by atoms with Crippen molar-refractivity contribution in [2.75, 3.05) is 26.0 Å². The van der Waals surface area contributed by atoms with Crippen LogP contribution in [0, 0.1) is 0 Å². The van der Waals surface area contributed by atoms with Crippen molar-refractivity contribution < 1.29 is 22.7 Å². The molecule has 0 radical (unpaired) electrons. The number of thioether (sulfide) groups is 1. The van der Waals surface area contributed by atoms with Gasteiger partial charge in [-0.3, -0.25) is 14.2 Å². The molecule has 2 heterocycles. The standard InChI is InChI=1S/C17H20F3N3O3S2/c1-26-7-6-23-15(25)13-10-4-2-3-5-11(10)28-14(13)22-16(23)27-8-12(24)21-9-17(18,19)20/h2-9H2,1H3,(H,21,24). The van der Waals surface area contributed by atoms with Gasteiger partial charge in [-0.2, -0.15) is 13.2 Å². The summed E-state index contributed by atoms with van der Waals surface area (Å²) in [5.41, 5.74) is 0.883. The number of nitrogens with one attached hydrogen (secondary N) is 1. The zero-order valence-electron chi connectivity index (χ0n) is 15.2. The van der Waals surface area contributed by atoms with Crippen molar-refractivity contribution in [1.82, 2.24) is 14.9 Å². The predicted molar refractivity (Wildman–Crippen MR) is 102 cm³/mol. The third kappa shape index (κ3) is 4.87. The summed E-state index contributed by atoms with van der Waals surface area (Å²) < 4.78 is 43.2. The van der Waals surface area contributed by atoms with Crippen LogP contribution in [0.2, 0.25) is 0 Å². The Morgan fingerprint density at radius 2 is 2.11 bits per heavy atom.